The lowest BCUT2D eigenvalue weighted by molar-refractivity contribution is 0.605. The van der Waals surface area contributed by atoms with Crippen LogP contribution in [0.2, 0.25) is 0 Å². The lowest BCUT2D eigenvalue weighted by Crippen LogP contribution is -2.12. The lowest BCUT2D eigenvalue weighted by atomic mass is 10.4. The molecule has 0 radical (unpaired) electrons. The first kappa shape index (κ1) is 11.1. The van der Waals surface area contributed by atoms with Gasteiger partial charge in [0, 0.05) is 17.3 Å². The average molecular weight is 234 g/mol. The van der Waals surface area contributed by atoms with Crippen LogP contribution in [0.4, 0.5) is 0 Å². The zero-order valence-corrected chi connectivity index (χ0v) is 9.93. The topological polar surface area (TPSA) is 34.9 Å². The molecule has 0 spiro atoms. The van der Waals surface area contributed by atoms with Gasteiger partial charge in [-0.2, -0.15) is 0 Å². The van der Waals surface area contributed by atoms with Crippen molar-refractivity contribution in [2.75, 3.05) is 0 Å². The Morgan fingerprint density at radius 1 is 1.38 bits per heavy atom. The third-order valence-electron chi connectivity index (χ3n) is 2.43. The third-order valence-corrected chi connectivity index (χ3v) is 4.24. The van der Waals surface area contributed by atoms with Gasteiger partial charge in [-0.05, 0) is 18.6 Å². The fourth-order valence-electron chi connectivity index (χ4n) is 1.62. The maximum atomic E-state index is 12.3. The highest BCUT2D eigenvalue weighted by molar-refractivity contribution is 7.85. The van der Waals surface area contributed by atoms with E-state index in [1.54, 1.807) is 12.5 Å². The fourth-order valence-corrected chi connectivity index (χ4v) is 3.01. The zero-order valence-electron chi connectivity index (χ0n) is 9.11. The highest BCUT2D eigenvalue weighted by Gasteiger charge is 2.17. The van der Waals surface area contributed by atoms with Crippen molar-refractivity contribution in [1.82, 2.24) is 9.55 Å². The van der Waals surface area contributed by atoms with Gasteiger partial charge in [-0.3, -0.25) is 4.21 Å². The Morgan fingerprint density at radius 2 is 2.12 bits per heavy atom. The molecule has 0 fully saturated rings. The number of aromatic nitrogens is 2. The molecular formula is C12H14N2OS. The molecule has 1 aromatic carbocycles. The van der Waals surface area contributed by atoms with E-state index in [2.05, 4.69) is 4.98 Å². The molecule has 0 aliphatic rings. The molecule has 16 heavy (non-hydrogen) atoms. The van der Waals surface area contributed by atoms with Gasteiger partial charge in [0.1, 0.15) is 5.37 Å². The number of rotatable bonds is 4. The van der Waals surface area contributed by atoms with Gasteiger partial charge in [0.2, 0.25) is 0 Å². The summed E-state index contributed by atoms with van der Waals surface area (Å²) in [6.07, 6.45) is 6.10. The molecule has 0 saturated carbocycles. The number of hydrogen-bond donors (Lipinski definition) is 0. The molecule has 2 unspecified atom stereocenters. The Bertz CT molecular complexity index is 453. The van der Waals surface area contributed by atoms with E-state index in [-0.39, 0.29) is 5.37 Å². The molecule has 4 heteroatoms. The van der Waals surface area contributed by atoms with Crippen molar-refractivity contribution >= 4 is 10.8 Å². The summed E-state index contributed by atoms with van der Waals surface area (Å²) in [7, 11) is -1.03. The van der Waals surface area contributed by atoms with E-state index in [9.17, 15) is 4.21 Å². The average Bonchev–Trinajstić information content (AvgIpc) is 2.85. The van der Waals surface area contributed by atoms with Gasteiger partial charge in [-0.1, -0.05) is 25.1 Å². The quantitative estimate of drug-likeness (QED) is 0.815. The summed E-state index contributed by atoms with van der Waals surface area (Å²) in [6.45, 7) is 2.03. The summed E-state index contributed by atoms with van der Waals surface area (Å²) in [4.78, 5) is 4.86. The molecule has 0 aliphatic heterocycles. The molecule has 0 aliphatic carbocycles. The second-order valence-corrected chi connectivity index (χ2v) is 5.09. The predicted molar refractivity (Wildman–Crippen MR) is 64.4 cm³/mol. The summed E-state index contributed by atoms with van der Waals surface area (Å²) < 4.78 is 14.2. The van der Waals surface area contributed by atoms with Gasteiger partial charge < -0.3 is 4.57 Å². The molecule has 0 bridgehead atoms. The van der Waals surface area contributed by atoms with E-state index >= 15 is 0 Å². The van der Waals surface area contributed by atoms with E-state index in [0.29, 0.717) is 0 Å². The minimum absolute atomic E-state index is 0.0371. The Hall–Kier alpha value is -1.42. The lowest BCUT2D eigenvalue weighted by Gasteiger charge is -2.15. The van der Waals surface area contributed by atoms with E-state index in [1.165, 1.54) is 0 Å². The van der Waals surface area contributed by atoms with Crippen LogP contribution in [0.25, 0.3) is 0 Å². The first-order chi connectivity index (χ1) is 7.83. The fraction of sp³-hybridized carbons (Fsp3) is 0.250. The van der Waals surface area contributed by atoms with Gasteiger partial charge in [0.15, 0.2) is 0 Å². The summed E-state index contributed by atoms with van der Waals surface area (Å²) in [5.74, 6) is 0. The molecule has 1 aromatic heterocycles. The van der Waals surface area contributed by atoms with Crippen LogP contribution in [0.3, 0.4) is 0 Å². The van der Waals surface area contributed by atoms with E-state index in [0.717, 1.165) is 11.3 Å². The summed E-state index contributed by atoms with van der Waals surface area (Å²) in [5.41, 5.74) is 0. The summed E-state index contributed by atoms with van der Waals surface area (Å²) in [6, 6.07) is 9.55. The molecule has 84 valence electrons. The van der Waals surface area contributed by atoms with Gasteiger partial charge >= 0.3 is 0 Å². The Labute approximate surface area is 97.6 Å². The number of benzene rings is 1. The maximum Gasteiger partial charge on any atom is 0.114 e. The second-order valence-electron chi connectivity index (χ2n) is 3.48. The monoisotopic (exact) mass is 234 g/mol. The Kier molecular flexibility index (Phi) is 3.51. The first-order valence-corrected chi connectivity index (χ1v) is 6.47. The number of imidazole rings is 1. The van der Waals surface area contributed by atoms with Crippen molar-refractivity contribution in [1.29, 1.82) is 0 Å². The summed E-state index contributed by atoms with van der Waals surface area (Å²) in [5, 5.41) is -0.0371. The molecule has 3 nitrogen and oxygen atoms in total. The van der Waals surface area contributed by atoms with Crippen LogP contribution in [0.15, 0.2) is 53.9 Å². The van der Waals surface area contributed by atoms with Crippen LogP contribution in [-0.2, 0) is 10.8 Å². The molecule has 2 aromatic rings. The van der Waals surface area contributed by atoms with Crippen LogP contribution in [0.1, 0.15) is 18.7 Å². The van der Waals surface area contributed by atoms with Crippen LogP contribution in [0, 0.1) is 0 Å². The Balaban J connectivity index is 2.27. The highest BCUT2D eigenvalue weighted by atomic mass is 32.2. The van der Waals surface area contributed by atoms with Gasteiger partial charge in [0.05, 0.1) is 17.1 Å². The molecule has 0 saturated heterocycles. The van der Waals surface area contributed by atoms with Gasteiger partial charge in [-0.25, -0.2) is 4.98 Å². The molecule has 2 rings (SSSR count). The molecule has 0 amide bonds. The Morgan fingerprint density at radius 3 is 2.69 bits per heavy atom. The normalized spacial score (nSPS) is 14.6. The molecule has 0 N–H and O–H groups in total. The SMILES string of the molecule is CCC(n1ccnc1)S(=O)c1ccccc1. The van der Waals surface area contributed by atoms with E-state index < -0.39 is 10.8 Å². The second kappa shape index (κ2) is 5.07. The number of nitrogens with zero attached hydrogens (tertiary/aromatic N) is 2. The van der Waals surface area contributed by atoms with Crippen molar-refractivity contribution in [3.05, 3.63) is 49.1 Å². The minimum Gasteiger partial charge on any atom is -0.322 e. The van der Waals surface area contributed by atoms with Crippen molar-refractivity contribution in [3.8, 4) is 0 Å². The smallest absolute Gasteiger partial charge is 0.114 e. The summed E-state index contributed by atoms with van der Waals surface area (Å²) >= 11 is 0. The van der Waals surface area contributed by atoms with Crippen LogP contribution in [-0.4, -0.2) is 13.8 Å². The minimum atomic E-state index is -1.03. The standard InChI is InChI=1S/C12H14N2OS/c1-2-12(14-9-8-13-10-14)16(15)11-6-4-3-5-7-11/h3-10,12H,2H2,1H3. The molecular weight excluding hydrogens is 220 g/mol. The maximum absolute atomic E-state index is 12.3. The van der Waals surface area contributed by atoms with E-state index in [1.807, 2.05) is 48.0 Å². The molecule has 2 atom stereocenters. The predicted octanol–water partition coefficient (Wildman–Crippen LogP) is 2.60. The van der Waals surface area contributed by atoms with Crippen molar-refractivity contribution in [2.45, 2.75) is 23.6 Å². The zero-order chi connectivity index (χ0) is 11.4. The molecule has 1 heterocycles. The van der Waals surface area contributed by atoms with Gasteiger partial charge in [-0.15, -0.1) is 0 Å². The first-order valence-electron chi connectivity index (χ1n) is 5.26. The van der Waals surface area contributed by atoms with Crippen molar-refractivity contribution < 1.29 is 4.21 Å². The largest absolute Gasteiger partial charge is 0.322 e. The van der Waals surface area contributed by atoms with E-state index in [4.69, 9.17) is 0 Å². The van der Waals surface area contributed by atoms with Crippen molar-refractivity contribution in [2.24, 2.45) is 0 Å². The van der Waals surface area contributed by atoms with Gasteiger partial charge in [0.25, 0.3) is 0 Å². The van der Waals surface area contributed by atoms with Crippen LogP contribution < -0.4 is 0 Å². The van der Waals surface area contributed by atoms with Crippen LogP contribution >= 0.6 is 0 Å². The number of hydrogen-bond acceptors (Lipinski definition) is 2. The third kappa shape index (κ3) is 2.22. The van der Waals surface area contributed by atoms with Crippen molar-refractivity contribution in [3.63, 3.8) is 0 Å². The highest BCUT2D eigenvalue weighted by Crippen LogP contribution is 2.22. The van der Waals surface area contributed by atoms with Crippen LogP contribution in [0.5, 0.6) is 0 Å².